The van der Waals surface area contributed by atoms with Crippen molar-refractivity contribution < 1.29 is 4.79 Å². The van der Waals surface area contributed by atoms with E-state index in [9.17, 15) is 4.79 Å². The van der Waals surface area contributed by atoms with Gasteiger partial charge in [-0.1, -0.05) is 46.3 Å². The number of benzene rings is 2. The first-order valence-corrected chi connectivity index (χ1v) is 7.46. The van der Waals surface area contributed by atoms with Crippen LogP contribution in [-0.2, 0) is 6.42 Å². The van der Waals surface area contributed by atoms with Gasteiger partial charge in [0.2, 0.25) is 0 Å². The van der Waals surface area contributed by atoms with Crippen LogP contribution in [0.15, 0.2) is 46.9 Å². The Bertz CT molecular complexity index is 622. The molecule has 20 heavy (non-hydrogen) atoms. The van der Waals surface area contributed by atoms with Crippen molar-refractivity contribution in [1.29, 1.82) is 0 Å². The number of carbonyl (C=O) groups is 1. The van der Waals surface area contributed by atoms with Gasteiger partial charge in [-0.25, -0.2) is 0 Å². The third-order valence-corrected chi connectivity index (χ3v) is 3.88. The fraction of sp³-hybridized carbons (Fsp3) is 0.235. The lowest BCUT2D eigenvalue weighted by molar-refractivity contribution is 0.0953. The summed E-state index contributed by atoms with van der Waals surface area (Å²) in [5.74, 6) is -0.0163. The van der Waals surface area contributed by atoms with Crippen LogP contribution in [0, 0.1) is 13.8 Å². The average molecular weight is 332 g/mol. The fourth-order valence-corrected chi connectivity index (χ4v) is 2.50. The second kappa shape index (κ2) is 6.71. The summed E-state index contributed by atoms with van der Waals surface area (Å²) in [7, 11) is 0. The van der Waals surface area contributed by atoms with Crippen LogP contribution in [0.25, 0.3) is 0 Å². The summed E-state index contributed by atoms with van der Waals surface area (Å²) in [5.41, 5.74) is 4.25. The maximum atomic E-state index is 12.2. The Labute approximate surface area is 128 Å². The topological polar surface area (TPSA) is 29.1 Å². The molecule has 0 bridgehead atoms. The van der Waals surface area contributed by atoms with E-state index < -0.39 is 0 Å². The first-order valence-electron chi connectivity index (χ1n) is 6.67. The maximum Gasteiger partial charge on any atom is 0.251 e. The van der Waals surface area contributed by atoms with E-state index in [1.165, 1.54) is 11.1 Å². The van der Waals surface area contributed by atoms with E-state index >= 15 is 0 Å². The van der Waals surface area contributed by atoms with Crippen molar-refractivity contribution in [3.63, 3.8) is 0 Å². The van der Waals surface area contributed by atoms with Crippen LogP contribution in [0.5, 0.6) is 0 Å². The smallest absolute Gasteiger partial charge is 0.251 e. The molecule has 0 aliphatic heterocycles. The van der Waals surface area contributed by atoms with Crippen LogP contribution in [0.4, 0.5) is 0 Å². The predicted molar refractivity (Wildman–Crippen MR) is 86.1 cm³/mol. The highest BCUT2D eigenvalue weighted by Gasteiger charge is 2.09. The van der Waals surface area contributed by atoms with Gasteiger partial charge in [-0.05, 0) is 49.1 Å². The van der Waals surface area contributed by atoms with Gasteiger partial charge in [0, 0.05) is 16.6 Å². The zero-order valence-corrected chi connectivity index (χ0v) is 13.3. The van der Waals surface area contributed by atoms with Crippen molar-refractivity contribution >= 4 is 21.8 Å². The van der Waals surface area contributed by atoms with E-state index in [4.69, 9.17) is 0 Å². The molecule has 0 aliphatic rings. The van der Waals surface area contributed by atoms with Gasteiger partial charge in [0.15, 0.2) is 0 Å². The summed E-state index contributed by atoms with van der Waals surface area (Å²) in [5, 5.41) is 2.98. The first-order chi connectivity index (χ1) is 9.58. The van der Waals surface area contributed by atoms with Gasteiger partial charge in [0.1, 0.15) is 0 Å². The van der Waals surface area contributed by atoms with Crippen molar-refractivity contribution in [3.8, 4) is 0 Å². The molecule has 3 heteroatoms. The van der Waals surface area contributed by atoms with Gasteiger partial charge in [-0.2, -0.15) is 0 Å². The number of aryl methyl sites for hydroxylation is 2. The largest absolute Gasteiger partial charge is 0.352 e. The van der Waals surface area contributed by atoms with E-state index in [0.29, 0.717) is 6.54 Å². The molecule has 0 radical (unpaired) electrons. The van der Waals surface area contributed by atoms with Crippen molar-refractivity contribution in [2.45, 2.75) is 20.3 Å². The molecule has 2 aromatic rings. The van der Waals surface area contributed by atoms with Gasteiger partial charge < -0.3 is 5.32 Å². The summed E-state index contributed by atoms with van der Waals surface area (Å²) in [6.07, 6.45) is 0.853. The van der Waals surface area contributed by atoms with Gasteiger partial charge in [-0.15, -0.1) is 0 Å². The van der Waals surface area contributed by atoms with Crippen molar-refractivity contribution in [2.75, 3.05) is 6.54 Å². The molecule has 0 saturated carbocycles. The Hall–Kier alpha value is -1.61. The highest BCUT2D eigenvalue weighted by molar-refractivity contribution is 9.10. The SMILES string of the molecule is Cc1ccccc1CCNC(=O)c1cc(Br)ccc1C. The van der Waals surface area contributed by atoms with E-state index in [0.717, 1.165) is 22.0 Å². The minimum absolute atomic E-state index is 0.0163. The number of amides is 1. The molecule has 0 atom stereocenters. The van der Waals surface area contributed by atoms with Crippen molar-refractivity contribution in [2.24, 2.45) is 0 Å². The van der Waals surface area contributed by atoms with Crippen LogP contribution in [0.1, 0.15) is 27.0 Å². The molecule has 1 amide bonds. The molecule has 0 heterocycles. The second-order valence-corrected chi connectivity index (χ2v) is 5.81. The Morgan fingerprint density at radius 2 is 1.85 bits per heavy atom. The van der Waals surface area contributed by atoms with E-state index in [1.54, 1.807) is 0 Å². The summed E-state index contributed by atoms with van der Waals surface area (Å²) >= 11 is 3.40. The number of hydrogen-bond acceptors (Lipinski definition) is 1. The normalized spacial score (nSPS) is 10.3. The summed E-state index contributed by atoms with van der Waals surface area (Å²) < 4.78 is 0.923. The quantitative estimate of drug-likeness (QED) is 0.900. The first kappa shape index (κ1) is 14.8. The zero-order valence-electron chi connectivity index (χ0n) is 11.7. The number of nitrogens with one attached hydrogen (secondary N) is 1. The number of hydrogen-bond donors (Lipinski definition) is 1. The molecule has 1 N–H and O–H groups in total. The van der Waals surface area contributed by atoms with E-state index in [2.05, 4.69) is 40.3 Å². The molecule has 0 spiro atoms. The Balaban J connectivity index is 1.96. The lowest BCUT2D eigenvalue weighted by Gasteiger charge is -2.09. The highest BCUT2D eigenvalue weighted by Crippen LogP contribution is 2.16. The number of rotatable bonds is 4. The third-order valence-electron chi connectivity index (χ3n) is 3.39. The Morgan fingerprint density at radius 1 is 1.10 bits per heavy atom. The number of carbonyl (C=O) groups excluding carboxylic acids is 1. The Kier molecular flexibility index (Phi) is 4.96. The molecule has 0 fully saturated rings. The summed E-state index contributed by atoms with van der Waals surface area (Å²) in [4.78, 5) is 12.2. The van der Waals surface area contributed by atoms with Crippen LogP contribution < -0.4 is 5.32 Å². The van der Waals surface area contributed by atoms with E-state index in [1.807, 2.05) is 37.3 Å². The van der Waals surface area contributed by atoms with Crippen LogP contribution in [0.3, 0.4) is 0 Å². The predicted octanol–water partition coefficient (Wildman–Crippen LogP) is 4.04. The van der Waals surface area contributed by atoms with Crippen molar-refractivity contribution in [3.05, 3.63) is 69.2 Å². The molecule has 2 rings (SSSR count). The fourth-order valence-electron chi connectivity index (χ4n) is 2.14. The van der Waals surface area contributed by atoms with Gasteiger partial charge in [-0.3, -0.25) is 4.79 Å². The number of halogens is 1. The van der Waals surface area contributed by atoms with Crippen LogP contribution >= 0.6 is 15.9 Å². The molecule has 2 nitrogen and oxygen atoms in total. The van der Waals surface area contributed by atoms with Gasteiger partial charge >= 0.3 is 0 Å². The lowest BCUT2D eigenvalue weighted by Crippen LogP contribution is -2.26. The molecule has 2 aromatic carbocycles. The third kappa shape index (κ3) is 3.70. The Morgan fingerprint density at radius 3 is 2.60 bits per heavy atom. The molecule has 0 unspecified atom stereocenters. The molecular formula is C17H18BrNO. The van der Waals surface area contributed by atoms with E-state index in [-0.39, 0.29) is 5.91 Å². The molecular weight excluding hydrogens is 314 g/mol. The van der Waals surface area contributed by atoms with Gasteiger partial charge in [0.25, 0.3) is 5.91 Å². The summed E-state index contributed by atoms with van der Waals surface area (Å²) in [6.45, 7) is 4.69. The summed E-state index contributed by atoms with van der Waals surface area (Å²) in [6, 6.07) is 14.0. The maximum absolute atomic E-state index is 12.2. The van der Waals surface area contributed by atoms with Crippen LogP contribution in [-0.4, -0.2) is 12.5 Å². The zero-order chi connectivity index (χ0) is 14.5. The minimum atomic E-state index is -0.0163. The monoisotopic (exact) mass is 331 g/mol. The second-order valence-electron chi connectivity index (χ2n) is 4.89. The molecule has 0 aromatic heterocycles. The molecule has 0 aliphatic carbocycles. The van der Waals surface area contributed by atoms with Gasteiger partial charge in [0.05, 0.1) is 0 Å². The molecule has 104 valence electrons. The van der Waals surface area contributed by atoms with Crippen LogP contribution in [0.2, 0.25) is 0 Å². The highest BCUT2D eigenvalue weighted by atomic mass is 79.9. The minimum Gasteiger partial charge on any atom is -0.352 e. The van der Waals surface area contributed by atoms with Crippen molar-refractivity contribution in [1.82, 2.24) is 5.32 Å². The lowest BCUT2D eigenvalue weighted by atomic mass is 10.1. The average Bonchev–Trinajstić information content (AvgIpc) is 2.43. The standard InChI is InChI=1S/C17H18BrNO/c1-12-5-3-4-6-14(12)9-10-19-17(20)16-11-15(18)8-7-13(16)2/h3-8,11H,9-10H2,1-2H3,(H,19,20). The molecule has 0 saturated heterocycles.